The van der Waals surface area contributed by atoms with E-state index in [1.807, 2.05) is 0 Å². The van der Waals surface area contributed by atoms with E-state index in [-0.39, 0.29) is 5.31 Å². The average molecular weight is 165 g/mol. The first-order valence-corrected chi connectivity index (χ1v) is 4.99. The third-order valence-corrected chi connectivity index (χ3v) is 2.80. The van der Waals surface area contributed by atoms with Crippen LogP contribution in [0.25, 0.3) is 0 Å². The van der Waals surface area contributed by atoms with Gasteiger partial charge in [-0.05, 0) is 38.9 Å². The molecule has 1 rings (SSSR count). The van der Waals surface area contributed by atoms with E-state index in [0.29, 0.717) is 0 Å². The Balaban J connectivity index is 2.39. The summed E-state index contributed by atoms with van der Waals surface area (Å²) in [4.78, 5) is 2.37. The van der Waals surface area contributed by atoms with E-state index < -0.39 is 0 Å². The molecule has 0 aromatic rings. The van der Waals surface area contributed by atoms with Crippen molar-refractivity contribution in [3.8, 4) is 0 Å². The molecule has 0 saturated carbocycles. The fraction of sp³-hybridized carbons (Fsp3) is 1.00. The highest BCUT2D eigenvalue weighted by atomic mass is 15.1. The minimum Gasteiger partial charge on any atom is -0.306 e. The van der Waals surface area contributed by atoms with Gasteiger partial charge < -0.3 is 4.90 Å². The Bertz CT molecular complexity index is 137. The van der Waals surface area contributed by atoms with Gasteiger partial charge in [-0.25, -0.2) is 0 Å². The third kappa shape index (κ3) is 2.82. The lowest BCUT2D eigenvalue weighted by atomic mass is 9.59. The number of likely N-dealkylation sites (tertiary alicyclic amines) is 1. The lowest BCUT2D eigenvalue weighted by molar-refractivity contribution is 0.212. The number of nitrogens with zero attached hydrogens (tertiary/aromatic N) is 1. The van der Waals surface area contributed by atoms with Crippen molar-refractivity contribution in [3.63, 3.8) is 0 Å². The van der Waals surface area contributed by atoms with Gasteiger partial charge in [0.2, 0.25) is 0 Å². The molecule has 1 heterocycles. The van der Waals surface area contributed by atoms with Gasteiger partial charge in [0.1, 0.15) is 0 Å². The molecule has 0 N–H and O–H groups in total. The zero-order chi connectivity index (χ0) is 9.19. The van der Waals surface area contributed by atoms with E-state index in [1.165, 1.54) is 32.4 Å². The zero-order valence-corrected chi connectivity index (χ0v) is 8.64. The van der Waals surface area contributed by atoms with Crippen LogP contribution in [0.4, 0.5) is 0 Å². The first-order chi connectivity index (χ1) is 5.52. The van der Waals surface area contributed by atoms with Crippen molar-refractivity contribution in [1.82, 2.24) is 4.90 Å². The highest BCUT2D eigenvalue weighted by molar-refractivity contribution is 6.15. The number of hydrogen-bond donors (Lipinski definition) is 0. The maximum atomic E-state index is 6.30. The van der Waals surface area contributed by atoms with Gasteiger partial charge in [-0.1, -0.05) is 25.6 Å². The Hall–Kier alpha value is 0.0249. The number of piperidine rings is 1. The molecule has 0 aliphatic carbocycles. The summed E-state index contributed by atoms with van der Waals surface area (Å²) in [6.45, 7) is 6.85. The van der Waals surface area contributed by atoms with Crippen LogP contribution in [0.1, 0.15) is 33.1 Å². The molecule has 0 amide bonds. The minimum atomic E-state index is 0.140. The number of rotatable bonds is 2. The first kappa shape index (κ1) is 10.1. The van der Waals surface area contributed by atoms with E-state index in [1.54, 1.807) is 0 Å². The van der Waals surface area contributed by atoms with Gasteiger partial charge in [0.15, 0.2) is 0 Å². The molecule has 1 aliphatic heterocycles. The van der Waals surface area contributed by atoms with Crippen molar-refractivity contribution in [2.45, 2.75) is 38.4 Å². The molecule has 2 radical (unpaired) electrons. The second kappa shape index (κ2) is 3.82. The highest BCUT2D eigenvalue weighted by Gasteiger charge is 2.28. The Morgan fingerprint density at radius 2 is 1.83 bits per heavy atom. The SMILES string of the molecule is [B]C1(CC(C)C)CCN(C)CC1. The Morgan fingerprint density at radius 1 is 1.33 bits per heavy atom. The fourth-order valence-electron chi connectivity index (χ4n) is 2.08. The molecule has 0 bridgehead atoms. The van der Waals surface area contributed by atoms with Crippen molar-refractivity contribution >= 4 is 7.85 Å². The van der Waals surface area contributed by atoms with E-state index in [2.05, 4.69) is 25.8 Å². The van der Waals surface area contributed by atoms with Gasteiger partial charge in [-0.15, -0.1) is 0 Å². The van der Waals surface area contributed by atoms with Crippen molar-refractivity contribution < 1.29 is 0 Å². The molecule has 1 fully saturated rings. The summed E-state index contributed by atoms with van der Waals surface area (Å²) in [5, 5.41) is 0.140. The van der Waals surface area contributed by atoms with Crippen LogP contribution in [0.15, 0.2) is 0 Å². The summed E-state index contributed by atoms with van der Waals surface area (Å²) in [5.41, 5.74) is 0. The summed E-state index contributed by atoms with van der Waals surface area (Å²) >= 11 is 0. The standard InChI is InChI=1S/C10H20BN/c1-9(2)8-10(11)4-6-12(3)7-5-10/h9H,4-8H2,1-3H3. The molecule has 1 saturated heterocycles. The molecule has 0 spiro atoms. The molecule has 1 aliphatic rings. The van der Waals surface area contributed by atoms with Gasteiger partial charge in [-0.2, -0.15) is 0 Å². The maximum absolute atomic E-state index is 6.30. The molecule has 12 heavy (non-hydrogen) atoms. The van der Waals surface area contributed by atoms with Crippen molar-refractivity contribution in [2.24, 2.45) is 5.92 Å². The second-order valence-corrected chi connectivity index (χ2v) is 4.76. The van der Waals surface area contributed by atoms with Crippen LogP contribution in [0.3, 0.4) is 0 Å². The topological polar surface area (TPSA) is 3.24 Å². The second-order valence-electron chi connectivity index (χ2n) is 4.76. The predicted molar refractivity (Wildman–Crippen MR) is 54.6 cm³/mol. The normalized spacial score (nSPS) is 24.7. The summed E-state index contributed by atoms with van der Waals surface area (Å²) < 4.78 is 0. The minimum absolute atomic E-state index is 0.140. The molecule has 68 valence electrons. The van der Waals surface area contributed by atoms with Gasteiger partial charge in [0.25, 0.3) is 0 Å². The molecule has 2 heteroatoms. The van der Waals surface area contributed by atoms with Gasteiger partial charge >= 0.3 is 0 Å². The molecule has 1 nitrogen and oxygen atoms in total. The largest absolute Gasteiger partial charge is 0.306 e. The van der Waals surface area contributed by atoms with Crippen LogP contribution in [-0.2, 0) is 0 Å². The predicted octanol–water partition coefficient (Wildman–Crippen LogP) is 2.09. The van der Waals surface area contributed by atoms with Crippen LogP contribution < -0.4 is 0 Å². The average Bonchev–Trinajstić information content (AvgIpc) is 1.94. The lowest BCUT2D eigenvalue weighted by Gasteiger charge is -2.39. The van der Waals surface area contributed by atoms with Gasteiger partial charge in [0.05, 0.1) is 7.85 Å². The molecule has 0 aromatic carbocycles. The monoisotopic (exact) mass is 165 g/mol. The number of hydrogen-bond acceptors (Lipinski definition) is 1. The van der Waals surface area contributed by atoms with Crippen LogP contribution in [0, 0.1) is 5.92 Å². The smallest absolute Gasteiger partial charge is 0.0747 e. The molecular weight excluding hydrogens is 145 g/mol. The Labute approximate surface area is 77.9 Å². The molecular formula is C10H20BN. The van der Waals surface area contributed by atoms with E-state index in [9.17, 15) is 0 Å². The summed E-state index contributed by atoms with van der Waals surface area (Å²) in [7, 11) is 8.47. The van der Waals surface area contributed by atoms with E-state index in [0.717, 1.165) is 5.92 Å². The lowest BCUT2D eigenvalue weighted by Crippen LogP contribution is -2.34. The Morgan fingerprint density at radius 3 is 2.25 bits per heavy atom. The summed E-state index contributed by atoms with van der Waals surface area (Å²) in [5.74, 6) is 0.735. The third-order valence-electron chi connectivity index (χ3n) is 2.80. The maximum Gasteiger partial charge on any atom is 0.0747 e. The van der Waals surface area contributed by atoms with Crippen molar-refractivity contribution in [2.75, 3.05) is 20.1 Å². The van der Waals surface area contributed by atoms with Crippen LogP contribution in [0.2, 0.25) is 5.31 Å². The zero-order valence-electron chi connectivity index (χ0n) is 8.64. The van der Waals surface area contributed by atoms with E-state index in [4.69, 9.17) is 7.85 Å². The van der Waals surface area contributed by atoms with Gasteiger partial charge in [-0.3, -0.25) is 0 Å². The van der Waals surface area contributed by atoms with Gasteiger partial charge in [0, 0.05) is 0 Å². The molecule has 0 aromatic heterocycles. The first-order valence-electron chi connectivity index (χ1n) is 4.99. The highest BCUT2D eigenvalue weighted by Crippen LogP contribution is 2.40. The van der Waals surface area contributed by atoms with Crippen LogP contribution in [0.5, 0.6) is 0 Å². The van der Waals surface area contributed by atoms with E-state index >= 15 is 0 Å². The van der Waals surface area contributed by atoms with Crippen molar-refractivity contribution in [1.29, 1.82) is 0 Å². The molecule has 0 unspecified atom stereocenters. The van der Waals surface area contributed by atoms with Crippen LogP contribution in [-0.4, -0.2) is 32.9 Å². The fourth-order valence-corrected chi connectivity index (χ4v) is 2.08. The van der Waals surface area contributed by atoms with Crippen molar-refractivity contribution in [3.05, 3.63) is 0 Å². The Kier molecular flexibility index (Phi) is 3.22. The molecule has 0 atom stereocenters. The summed E-state index contributed by atoms with van der Waals surface area (Å²) in [6.07, 6.45) is 3.52. The van der Waals surface area contributed by atoms with Crippen LogP contribution >= 0.6 is 0 Å². The quantitative estimate of drug-likeness (QED) is 0.566. The summed E-state index contributed by atoms with van der Waals surface area (Å²) in [6, 6.07) is 0.